The Balaban J connectivity index is 1.51. The molecule has 1 aromatic heterocycles. The van der Waals surface area contributed by atoms with Crippen molar-refractivity contribution in [3.63, 3.8) is 0 Å². The van der Waals surface area contributed by atoms with E-state index in [-0.39, 0.29) is 0 Å². The Morgan fingerprint density at radius 3 is 2.58 bits per heavy atom. The van der Waals surface area contributed by atoms with Gasteiger partial charge in [-0.05, 0) is 58.5 Å². The summed E-state index contributed by atoms with van der Waals surface area (Å²) in [5, 5.41) is 14.2. The molecule has 0 spiro atoms. The maximum atomic E-state index is 10.0. The highest BCUT2D eigenvalue weighted by Crippen LogP contribution is 2.40. The van der Waals surface area contributed by atoms with Crippen molar-refractivity contribution in [2.75, 3.05) is 13.1 Å². The Morgan fingerprint density at radius 1 is 1.32 bits per heavy atom. The van der Waals surface area contributed by atoms with Crippen molar-refractivity contribution in [2.45, 2.75) is 57.6 Å². The van der Waals surface area contributed by atoms with Crippen molar-refractivity contribution >= 4 is 0 Å². The van der Waals surface area contributed by atoms with Crippen LogP contribution in [0.3, 0.4) is 0 Å². The number of piperidine rings is 1. The molecule has 0 amide bonds. The molecule has 19 heavy (non-hydrogen) atoms. The highest BCUT2D eigenvalue weighted by molar-refractivity contribution is 5.14. The molecule has 0 unspecified atom stereocenters. The minimum atomic E-state index is -0.543. The summed E-state index contributed by atoms with van der Waals surface area (Å²) in [5.41, 5.74) is 0.516. The summed E-state index contributed by atoms with van der Waals surface area (Å²) < 4.78 is 5.39. The Labute approximate surface area is 114 Å². The third-order valence-corrected chi connectivity index (χ3v) is 4.53. The summed E-state index contributed by atoms with van der Waals surface area (Å²) >= 11 is 0. The maximum Gasteiger partial charge on any atom is 0.140 e. The molecule has 2 fully saturated rings. The Kier molecular flexibility index (Phi) is 3.39. The fraction of sp³-hybridized carbons (Fsp3) is 0.800. The second-order valence-electron chi connectivity index (χ2n) is 6.70. The van der Waals surface area contributed by atoms with Crippen LogP contribution in [0.25, 0.3) is 0 Å². The number of hydrogen-bond donors (Lipinski definition) is 1. The molecule has 4 heteroatoms. The monoisotopic (exact) mass is 264 g/mol. The Hall–Kier alpha value is -0.870. The van der Waals surface area contributed by atoms with Gasteiger partial charge in [0, 0.05) is 18.5 Å². The van der Waals surface area contributed by atoms with Crippen LogP contribution in [0.1, 0.15) is 56.9 Å². The fourth-order valence-electron chi connectivity index (χ4n) is 2.99. The first kappa shape index (κ1) is 13.1. The third kappa shape index (κ3) is 3.18. The Morgan fingerprint density at radius 2 is 2.00 bits per heavy atom. The van der Waals surface area contributed by atoms with Gasteiger partial charge in [0.05, 0.1) is 11.3 Å². The molecule has 106 valence electrons. The molecule has 2 heterocycles. The average Bonchev–Trinajstić information content (AvgIpc) is 3.10. The molecule has 1 saturated heterocycles. The SMILES string of the molecule is CC(C)(O)C1CCN(Cc2cc(C3CC3)on2)CC1. The molecular weight excluding hydrogens is 240 g/mol. The lowest BCUT2D eigenvalue weighted by Gasteiger charge is -2.37. The van der Waals surface area contributed by atoms with Gasteiger partial charge >= 0.3 is 0 Å². The van der Waals surface area contributed by atoms with E-state index in [4.69, 9.17) is 4.52 Å². The maximum absolute atomic E-state index is 10.0. The van der Waals surface area contributed by atoms with Crippen LogP contribution < -0.4 is 0 Å². The predicted octanol–water partition coefficient (Wildman–Crippen LogP) is 2.53. The molecule has 2 aliphatic rings. The van der Waals surface area contributed by atoms with E-state index < -0.39 is 5.60 Å². The van der Waals surface area contributed by atoms with E-state index in [0.29, 0.717) is 11.8 Å². The third-order valence-electron chi connectivity index (χ3n) is 4.53. The van der Waals surface area contributed by atoms with Gasteiger partial charge in [0.15, 0.2) is 0 Å². The van der Waals surface area contributed by atoms with Gasteiger partial charge in [-0.1, -0.05) is 5.16 Å². The van der Waals surface area contributed by atoms with Crippen LogP contribution in [0.15, 0.2) is 10.6 Å². The van der Waals surface area contributed by atoms with Crippen molar-refractivity contribution in [3.05, 3.63) is 17.5 Å². The summed E-state index contributed by atoms with van der Waals surface area (Å²) in [6.45, 7) is 6.81. The van der Waals surface area contributed by atoms with Gasteiger partial charge in [-0.15, -0.1) is 0 Å². The zero-order valence-electron chi connectivity index (χ0n) is 11.9. The van der Waals surface area contributed by atoms with Crippen molar-refractivity contribution in [1.82, 2.24) is 10.1 Å². The number of hydrogen-bond acceptors (Lipinski definition) is 4. The second kappa shape index (κ2) is 4.91. The van der Waals surface area contributed by atoms with Crippen LogP contribution in [-0.4, -0.2) is 33.9 Å². The molecule has 1 aliphatic carbocycles. The van der Waals surface area contributed by atoms with Crippen LogP contribution in [0.4, 0.5) is 0 Å². The standard InChI is InChI=1S/C15H24N2O2/c1-15(2,18)12-5-7-17(8-6-12)10-13-9-14(19-16-13)11-3-4-11/h9,11-12,18H,3-8,10H2,1-2H3. The average molecular weight is 264 g/mol. The number of nitrogens with zero attached hydrogens (tertiary/aromatic N) is 2. The predicted molar refractivity (Wildman–Crippen MR) is 72.8 cm³/mol. The minimum absolute atomic E-state index is 0.420. The Bertz CT molecular complexity index is 424. The normalized spacial score (nSPS) is 22.9. The summed E-state index contributed by atoms with van der Waals surface area (Å²) in [6, 6.07) is 2.12. The zero-order valence-corrected chi connectivity index (χ0v) is 11.9. The van der Waals surface area contributed by atoms with Crippen LogP contribution >= 0.6 is 0 Å². The minimum Gasteiger partial charge on any atom is -0.390 e. The largest absolute Gasteiger partial charge is 0.390 e. The number of likely N-dealkylation sites (tertiary alicyclic amines) is 1. The van der Waals surface area contributed by atoms with Crippen molar-refractivity contribution in [1.29, 1.82) is 0 Å². The van der Waals surface area contributed by atoms with E-state index in [1.165, 1.54) is 12.8 Å². The topological polar surface area (TPSA) is 49.5 Å². The molecule has 1 saturated carbocycles. The van der Waals surface area contributed by atoms with Gasteiger partial charge in [-0.25, -0.2) is 0 Å². The van der Waals surface area contributed by atoms with Gasteiger partial charge in [0.1, 0.15) is 5.76 Å². The number of aromatic nitrogens is 1. The van der Waals surface area contributed by atoms with E-state index in [0.717, 1.165) is 43.9 Å². The highest BCUT2D eigenvalue weighted by atomic mass is 16.5. The first-order chi connectivity index (χ1) is 9.02. The lowest BCUT2D eigenvalue weighted by Crippen LogP contribution is -2.41. The van der Waals surface area contributed by atoms with Gasteiger partial charge < -0.3 is 9.63 Å². The molecule has 1 N–H and O–H groups in total. The zero-order chi connectivity index (χ0) is 13.5. The van der Waals surface area contributed by atoms with E-state index in [1.807, 2.05) is 13.8 Å². The van der Waals surface area contributed by atoms with Gasteiger partial charge in [0.25, 0.3) is 0 Å². The lowest BCUT2D eigenvalue weighted by atomic mass is 9.83. The van der Waals surface area contributed by atoms with Crippen LogP contribution in [0, 0.1) is 5.92 Å². The molecule has 3 rings (SSSR count). The van der Waals surface area contributed by atoms with Crippen molar-refractivity contribution in [2.24, 2.45) is 5.92 Å². The van der Waals surface area contributed by atoms with Gasteiger partial charge in [-0.3, -0.25) is 4.90 Å². The van der Waals surface area contributed by atoms with E-state index in [1.54, 1.807) is 0 Å². The van der Waals surface area contributed by atoms with E-state index >= 15 is 0 Å². The molecule has 0 atom stereocenters. The molecule has 0 bridgehead atoms. The van der Waals surface area contributed by atoms with Crippen molar-refractivity contribution in [3.8, 4) is 0 Å². The highest BCUT2D eigenvalue weighted by Gasteiger charge is 2.31. The molecule has 1 aliphatic heterocycles. The molecule has 0 radical (unpaired) electrons. The summed E-state index contributed by atoms with van der Waals surface area (Å²) in [6.07, 6.45) is 4.64. The lowest BCUT2D eigenvalue weighted by molar-refractivity contribution is -0.0138. The van der Waals surface area contributed by atoms with Gasteiger partial charge in [0.2, 0.25) is 0 Å². The number of aliphatic hydroxyl groups is 1. The van der Waals surface area contributed by atoms with E-state index in [2.05, 4.69) is 16.1 Å². The summed E-state index contributed by atoms with van der Waals surface area (Å²) in [7, 11) is 0. The second-order valence-corrected chi connectivity index (χ2v) is 6.70. The van der Waals surface area contributed by atoms with Crippen LogP contribution in [0.5, 0.6) is 0 Å². The molecule has 4 nitrogen and oxygen atoms in total. The van der Waals surface area contributed by atoms with E-state index in [9.17, 15) is 5.11 Å². The van der Waals surface area contributed by atoms with Crippen LogP contribution in [-0.2, 0) is 6.54 Å². The molecule has 0 aromatic carbocycles. The number of rotatable bonds is 4. The summed E-state index contributed by atoms with van der Waals surface area (Å²) in [5.74, 6) is 2.13. The van der Waals surface area contributed by atoms with Crippen LogP contribution in [0.2, 0.25) is 0 Å². The first-order valence-electron chi connectivity index (χ1n) is 7.42. The van der Waals surface area contributed by atoms with Crippen molar-refractivity contribution < 1.29 is 9.63 Å². The van der Waals surface area contributed by atoms with Gasteiger partial charge in [-0.2, -0.15) is 0 Å². The molecular formula is C15H24N2O2. The fourth-order valence-corrected chi connectivity index (χ4v) is 2.99. The molecule has 1 aromatic rings. The first-order valence-corrected chi connectivity index (χ1v) is 7.42. The summed E-state index contributed by atoms with van der Waals surface area (Å²) in [4.78, 5) is 2.41. The quantitative estimate of drug-likeness (QED) is 0.908. The smallest absolute Gasteiger partial charge is 0.140 e.